The van der Waals surface area contributed by atoms with Crippen molar-refractivity contribution in [2.24, 2.45) is 0 Å². The molecule has 0 aliphatic heterocycles. The fraction of sp³-hybridized carbons (Fsp3) is 0.364. The Bertz CT molecular complexity index is 753. The van der Waals surface area contributed by atoms with Crippen LogP contribution in [0.25, 0.3) is 11.6 Å². The van der Waals surface area contributed by atoms with E-state index in [0.29, 0.717) is 5.56 Å². The quantitative estimate of drug-likeness (QED) is 0.476. The molecule has 0 saturated carbocycles. The van der Waals surface area contributed by atoms with Gasteiger partial charge in [-0.05, 0) is 30.0 Å². The van der Waals surface area contributed by atoms with Gasteiger partial charge < -0.3 is 9.47 Å². The van der Waals surface area contributed by atoms with E-state index in [2.05, 4.69) is 13.0 Å². The van der Waals surface area contributed by atoms with Crippen LogP contribution in [0.4, 0.5) is 0 Å². The molecule has 4 nitrogen and oxygen atoms in total. The summed E-state index contributed by atoms with van der Waals surface area (Å²) in [7, 11) is 2.77. The number of benzene rings is 1. The molecule has 1 aliphatic carbocycles. The van der Waals surface area contributed by atoms with Crippen LogP contribution in [0.2, 0.25) is 0 Å². The van der Waals surface area contributed by atoms with Crippen molar-refractivity contribution >= 4 is 23.2 Å². The molecule has 0 saturated heterocycles. The number of ketones is 2. The van der Waals surface area contributed by atoms with Crippen molar-refractivity contribution in [3.05, 3.63) is 59.1 Å². The summed E-state index contributed by atoms with van der Waals surface area (Å²) in [6.45, 7) is 2.20. The third-order valence-electron chi connectivity index (χ3n) is 4.30. The number of rotatable bonds is 9. The Balaban J connectivity index is 2.23. The first-order valence-electron chi connectivity index (χ1n) is 9.02. The minimum atomic E-state index is -0.365. The summed E-state index contributed by atoms with van der Waals surface area (Å²) >= 11 is 0. The van der Waals surface area contributed by atoms with Gasteiger partial charge in [-0.15, -0.1) is 0 Å². The van der Waals surface area contributed by atoms with Crippen LogP contribution in [-0.2, 0) is 19.1 Å². The van der Waals surface area contributed by atoms with Crippen LogP contribution < -0.4 is 0 Å². The fourth-order valence-electron chi connectivity index (χ4n) is 2.92. The lowest BCUT2D eigenvalue weighted by Gasteiger charge is -2.17. The van der Waals surface area contributed by atoms with Crippen molar-refractivity contribution in [2.45, 2.75) is 39.0 Å². The highest BCUT2D eigenvalue weighted by Crippen LogP contribution is 2.29. The first kappa shape index (κ1) is 19.7. The largest absolute Gasteiger partial charge is 0.492 e. The Morgan fingerprint density at radius 1 is 1.04 bits per heavy atom. The van der Waals surface area contributed by atoms with Crippen LogP contribution >= 0.6 is 0 Å². The molecule has 1 aromatic rings. The number of unbranched alkanes of at least 4 members (excludes halogenated alkanes) is 4. The molecule has 26 heavy (non-hydrogen) atoms. The zero-order chi connectivity index (χ0) is 18.9. The van der Waals surface area contributed by atoms with E-state index in [9.17, 15) is 9.59 Å². The van der Waals surface area contributed by atoms with E-state index in [-0.39, 0.29) is 28.7 Å². The molecule has 0 heterocycles. The van der Waals surface area contributed by atoms with Crippen LogP contribution in [0.15, 0.2) is 47.9 Å². The van der Waals surface area contributed by atoms with Crippen LogP contribution in [0.1, 0.15) is 50.2 Å². The standard InChI is InChI=1S/C22H26O4/c1-4-5-6-7-8-9-11-16-12-10-13-17(14-16)20-21(24)19(25-2)15-18(23)22(20)26-3/h9-15H,4-8H2,1-3H3/b11-9+. The second-order valence-corrected chi connectivity index (χ2v) is 6.19. The molecule has 138 valence electrons. The molecule has 0 radical (unpaired) electrons. The molecule has 0 N–H and O–H groups in total. The Kier molecular flexibility index (Phi) is 7.39. The number of allylic oxidation sites excluding steroid dienone is 3. The molecule has 2 rings (SSSR count). The normalized spacial score (nSPS) is 14.8. The zero-order valence-electron chi connectivity index (χ0n) is 15.7. The van der Waals surface area contributed by atoms with Gasteiger partial charge in [-0.25, -0.2) is 0 Å². The van der Waals surface area contributed by atoms with Crippen molar-refractivity contribution in [1.29, 1.82) is 0 Å². The van der Waals surface area contributed by atoms with Gasteiger partial charge in [-0.3, -0.25) is 9.59 Å². The van der Waals surface area contributed by atoms with Crippen molar-refractivity contribution in [3.63, 3.8) is 0 Å². The number of methoxy groups -OCH3 is 2. The van der Waals surface area contributed by atoms with Crippen molar-refractivity contribution in [3.8, 4) is 0 Å². The maximum atomic E-state index is 12.6. The summed E-state index contributed by atoms with van der Waals surface area (Å²) in [5.74, 6) is -0.625. The molecule has 1 aromatic carbocycles. The van der Waals surface area contributed by atoms with Gasteiger partial charge in [0.2, 0.25) is 11.6 Å². The highest BCUT2D eigenvalue weighted by molar-refractivity contribution is 6.36. The molecular weight excluding hydrogens is 328 g/mol. The lowest BCUT2D eigenvalue weighted by atomic mass is 9.92. The molecule has 1 aliphatic rings. The zero-order valence-corrected chi connectivity index (χ0v) is 15.7. The molecule has 0 amide bonds. The molecule has 4 heteroatoms. The summed E-state index contributed by atoms with van der Waals surface area (Å²) in [5, 5.41) is 0. The van der Waals surface area contributed by atoms with Gasteiger partial charge in [0.05, 0.1) is 19.8 Å². The molecule has 0 aromatic heterocycles. The van der Waals surface area contributed by atoms with Crippen LogP contribution in [0, 0.1) is 0 Å². The monoisotopic (exact) mass is 354 g/mol. The number of Topliss-reactive ketones (excluding diaryl/α,β-unsaturated/α-hetero) is 1. The number of ether oxygens (including phenoxy) is 2. The minimum Gasteiger partial charge on any atom is -0.492 e. The Labute approximate surface area is 155 Å². The predicted octanol–water partition coefficient (Wildman–Crippen LogP) is 4.71. The van der Waals surface area contributed by atoms with Gasteiger partial charge in [0.25, 0.3) is 0 Å². The van der Waals surface area contributed by atoms with Crippen molar-refractivity contribution in [1.82, 2.24) is 0 Å². The van der Waals surface area contributed by atoms with Crippen LogP contribution in [0.3, 0.4) is 0 Å². The molecule has 0 spiro atoms. The summed E-state index contributed by atoms with van der Waals surface area (Å²) in [5.41, 5.74) is 1.88. The van der Waals surface area contributed by atoms with Gasteiger partial charge in [0, 0.05) is 6.08 Å². The third-order valence-corrected chi connectivity index (χ3v) is 4.30. The highest BCUT2D eigenvalue weighted by atomic mass is 16.5. The summed E-state index contributed by atoms with van der Waals surface area (Å²) in [6, 6.07) is 7.54. The van der Waals surface area contributed by atoms with Gasteiger partial charge in [-0.1, -0.05) is 56.5 Å². The molecule has 0 unspecified atom stereocenters. The van der Waals surface area contributed by atoms with E-state index >= 15 is 0 Å². The van der Waals surface area contributed by atoms with Crippen LogP contribution in [-0.4, -0.2) is 25.8 Å². The SMILES string of the molecule is CCCCCC/C=C/c1cccc(C2=C(OC)C(=O)C=C(OC)C2=O)c1. The maximum Gasteiger partial charge on any atom is 0.232 e. The Hall–Kier alpha value is -2.62. The fourth-order valence-corrected chi connectivity index (χ4v) is 2.92. The number of hydrogen-bond acceptors (Lipinski definition) is 4. The van der Waals surface area contributed by atoms with E-state index in [1.807, 2.05) is 24.3 Å². The average Bonchev–Trinajstić information content (AvgIpc) is 2.65. The van der Waals surface area contributed by atoms with E-state index in [0.717, 1.165) is 12.0 Å². The second-order valence-electron chi connectivity index (χ2n) is 6.19. The molecular formula is C22H26O4. The average molecular weight is 354 g/mol. The lowest BCUT2D eigenvalue weighted by Crippen LogP contribution is -2.20. The third kappa shape index (κ3) is 4.72. The number of carbonyl (C=O) groups is 2. The number of carbonyl (C=O) groups excluding carboxylic acids is 2. The van der Waals surface area contributed by atoms with Crippen LogP contribution in [0.5, 0.6) is 0 Å². The van der Waals surface area contributed by atoms with Crippen molar-refractivity contribution in [2.75, 3.05) is 14.2 Å². The topological polar surface area (TPSA) is 52.6 Å². The predicted molar refractivity (Wildman–Crippen MR) is 103 cm³/mol. The van der Waals surface area contributed by atoms with Gasteiger partial charge in [0.15, 0.2) is 11.5 Å². The number of hydrogen-bond donors (Lipinski definition) is 0. The van der Waals surface area contributed by atoms with E-state index in [1.54, 1.807) is 6.07 Å². The summed E-state index contributed by atoms with van der Waals surface area (Å²) in [6.07, 6.45) is 11.3. The first-order chi connectivity index (χ1) is 12.6. The highest BCUT2D eigenvalue weighted by Gasteiger charge is 2.31. The maximum absolute atomic E-state index is 12.6. The smallest absolute Gasteiger partial charge is 0.232 e. The van der Waals surface area contributed by atoms with E-state index in [4.69, 9.17) is 9.47 Å². The van der Waals surface area contributed by atoms with E-state index < -0.39 is 0 Å². The molecule has 0 bridgehead atoms. The summed E-state index contributed by atoms with van der Waals surface area (Å²) < 4.78 is 10.2. The van der Waals surface area contributed by atoms with E-state index in [1.165, 1.54) is 46.0 Å². The van der Waals surface area contributed by atoms with Gasteiger partial charge >= 0.3 is 0 Å². The lowest BCUT2D eigenvalue weighted by molar-refractivity contribution is -0.118. The molecule has 0 fully saturated rings. The Morgan fingerprint density at radius 2 is 1.85 bits per heavy atom. The molecule has 0 atom stereocenters. The first-order valence-corrected chi connectivity index (χ1v) is 9.02. The van der Waals surface area contributed by atoms with Gasteiger partial charge in [0.1, 0.15) is 0 Å². The second kappa shape index (κ2) is 9.76. The summed E-state index contributed by atoms with van der Waals surface area (Å²) in [4.78, 5) is 24.8. The van der Waals surface area contributed by atoms with Gasteiger partial charge in [-0.2, -0.15) is 0 Å². The minimum absolute atomic E-state index is 0.0302. The Morgan fingerprint density at radius 3 is 2.54 bits per heavy atom. The van der Waals surface area contributed by atoms with Crippen molar-refractivity contribution < 1.29 is 19.1 Å².